The van der Waals surface area contributed by atoms with Gasteiger partial charge in [-0.15, -0.1) is 0 Å². The fourth-order valence-electron chi connectivity index (χ4n) is 0.177. The zero-order valence-electron chi connectivity index (χ0n) is 6.92. The number of hydrogen-bond donors (Lipinski definition) is 0. The Hall–Kier alpha value is 0.649. The van der Waals surface area contributed by atoms with E-state index in [2.05, 4.69) is 0 Å². The first-order chi connectivity index (χ1) is 4.83. The van der Waals surface area contributed by atoms with Crippen molar-refractivity contribution in [3.05, 3.63) is 22.9 Å². The second-order valence-corrected chi connectivity index (χ2v) is 1.71. The summed E-state index contributed by atoms with van der Waals surface area (Å²) >= 11 is 0. The Morgan fingerprint density at radius 2 is 0.750 bits per heavy atom. The SMILES string of the molecule is [Cl-].[Cu+2].[NH-]CCC[NH-].[NH-]CCC[NH-]. The van der Waals surface area contributed by atoms with E-state index in [1.807, 2.05) is 0 Å². The Kier molecular flexibility index (Phi) is 57.1. The summed E-state index contributed by atoms with van der Waals surface area (Å²) in [6.45, 7) is 1.62. The molecule has 0 aliphatic rings. The van der Waals surface area contributed by atoms with Crippen LogP contribution in [-0.4, -0.2) is 26.2 Å². The molecule has 0 bridgehead atoms. The van der Waals surface area contributed by atoms with Gasteiger partial charge in [0.15, 0.2) is 0 Å². The Morgan fingerprint density at radius 3 is 0.750 bits per heavy atom. The molecule has 0 unspecified atom stereocenters. The second kappa shape index (κ2) is 29.9. The molecular formula is C6H16ClCuN4-3. The van der Waals surface area contributed by atoms with Crippen LogP contribution >= 0.6 is 0 Å². The van der Waals surface area contributed by atoms with Crippen molar-refractivity contribution >= 4 is 0 Å². The van der Waals surface area contributed by atoms with Crippen LogP contribution < -0.4 is 12.4 Å². The molecule has 1 radical (unpaired) electrons. The van der Waals surface area contributed by atoms with Gasteiger partial charge in [0.25, 0.3) is 0 Å². The van der Waals surface area contributed by atoms with Gasteiger partial charge in [-0.1, -0.05) is 12.8 Å². The quantitative estimate of drug-likeness (QED) is 0.619. The van der Waals surface area contributed by atoms with Crippen LogP contribution in [-0.2, 0) is 17.1 Å². The van der Waals surface area contributed by atoms with E-state index in [0.29, 0.717) is 26.2 Å². The average molecular weight is 243 g/mol. The maximum absolute atomic E-state index is 6.48. The van der Waals surface area contributed by atoms with Crippen LogP contribution in [0.25, 0.3) is 22.9 Å². The van der Waals surface area contributed by atoms with Crippen LogP contribution in [0, 0.1) is 0 Å². The summed E-state index contributed by atoms with van der Waals surface area (Å²) in [7, 11) is 0. The van der Waals surface area contributed by atoms with E-state index in [4.69, 9.17) is 22.9 Å². The van der Waals surface area contributed by atoms with Gasteiger partial charge < -0.3 is 35.3 Å². The van der Waals surface area contributed by atoms with Gasteiger partial charge in [0, 0.05) is 0 Å². The molecule has 4 N–H and O–H groups in total. The summed E-state index contributed by atoms with van der Waals surface area (Å²) in [4.78, 5) is 0. The van der Waals surface area contributed by atoms with Gasteiger partial charge in [0.05, 0.1) is 0 Å². The first-order valence-corrected chi connectivity index (χ1v) is 3.41. The summed E-state index contributed by atoms with van der Waals surface area (Å²) in [6.07, 6.45) is 1.44. The third kappa shape index (κ3) is 45.9. The molecule has 0 rings (SSSR count). The molecule has 12 heavy (non-hydrogen) atoms. The summed E-state index contributed by atoms with van der Waals surface area (Å²) in [5, 5.41) is 0. The standard InChI is InChI=1S/2C3H8N2.ClH.Cu/c2*4-2-1-3-5;;/h2*4-5H,1-3H2;1H;/q2*-2;;+2/p-1. The molecule has 0 aromatic carbocycles. The fraction of sp³-hybridized carbons (Fsp3) is 1.00. The van der Waals surface area contributed by atoms with Crippen LogP contribution in [0.4, 0.5) is 0 Å². The minimum atomic E-state index is 0. The van der Waals surface area contributed by atoms with Crippen molar-refractivity contribution in [3.8, 4) is 0 Å². The van der Waals surface area contributed by atoms with Crippen molar-refractivity contribution < 1.29 is 29.5 Å². The van der Waals surface area contributed by atoms with Crippen molar-refractivity contribution in [3.63, 3.8) is 0 Å². The van der Waals surface area contributed by atoms with Gasteiger partial charge in [0.2, 0.25) is 0 Å². The normalized spacial score (nSPS) is 7.00. The topological polar surface area (TPSA) is 95.2 Å². The number of rotatable bonds is 4. The minimum absolute atomic E-state index is 0. The van der Waals surface area contributed by atoms with Crippen LogP contribution in [0.5, 0.6) is 0 Å². The summed E-state index contributed by atoms with van der Waals surface area (Å²) in [5.41, 5.74) is 25.9. The molecular weight excluding hydrogens is 227 g/mol. The predicted molar refractivity (Wildman–Crippen MR) is 46.0 cm³/mol. The van der Waals surface area contributed by atoms with Crippen molar-refractivity contribution in [2.45, 2.75) is 12.8 Å². The molecule has 0 fully saturated rings. The van der Waals surface area contributed by atoms with Crippen LogP contribution in [0.15, 0.2) is 0 Å². The monoisotopic (exact) mass is 242 g/mol. The molecule has 0 spiro atoms. The maximum atomic E-state index is 6.48. The minimum Gasteiger partial charge on any atom is -1.00 e. The molecule has 0 saturated heterocycles. The summed E-state index contributed by atoms with van der Waals surface area (Å²) in [5.74, 6) is 0. The largest absolute Gasteiger partial charge is 2.00 e. The average Bonchev–Trinajstić information content (AvgIpc) is 1.93. The van der Waals surface area contributed by atoms with E-state index in [1.165, 1.54) is 0 Å². The first kappa shape index (κ1) is 22.9. The van der Waals surface area contributed by atoms with Crippen LogP contribution in [0.3, 0.4) is 0 Å². The molecule has 0 saturated carbocycles. The molecule has 0 aliphatic carbocycles. The number of hydrogen-bond acceptors (Lipinski definition) is 0. The molecule has 4 nitrogen and oxygen atoms in total. The zero-order chi connectivity index (χ0) is 8.24. The number of halogens is 1. The third-order valence-corrected chi connectivity index (χ3v) is 0.707. The van der Waals surface area contributed by atoms with E-state index in [0.717, 1.165) is 12.8 Å². The first-order valence-electron chi connectivity index (χ1n) is 3.41. The summed E-state index contributed by atoms with van der Waals surface area (Å²) < 4.78 is 0. The van der Waals surface area contributed by atoms with Crippen molar-refractivity contribution in [2.75, 3.05) is 26.2 Å². The predicted octanol–water partition coefficient (Wildman–Crippen LogP) is -0.0367. The van der Waals surface area contributed by atoms with E-state index in [-0.39, 0.29) is 29.5 Å². The molecule has 0 aliphatic heterocycles. The smallest absolute Gasteiger partial charge is 1.00 e. The van der Waals surface area contributed by atoms with Gasteiger partial charge in [-0.25, -0.2) is 0 Å². The van der Waals surface area contributed by atoms with Crippen molar-refractivity contribution in [2.24, 2.45) is 0 Å². The van der Waals surface area contributed by atoms with E-state index < -0.39 is 0 Å². The molecule has 0 amide bonds. The van der Waals surface area contributed by atoms with E-state index in [9.17, 15) is 0 Å². The fourth-order valence-corrected chi connectivity index (χ4v) is 0.177. The maximum Gasteiger partial charge on any atom is 2.00 e. The number of nitrogens with one attached hydrogen (secondary N) is 4. The molecule has 0 aromatic heterocycles. The van der Waals surface area contributed by atoms with Gasteiger partial charge >= 0.3 is 17.1 Å². The second-order valence-electron chi connectivity index (χ2n) is 1.71. The zero-order valence-corrected chi connectivity index (χ0v) is 8.62. The van der Waals surface area contributed by atoms with Crippen molar-refractivity contribution in [1.29, 1.82) is 0 Å². The molecule has 81 valence electrons. The molecule has 0 atom stereocenters. The van der Waals surface area contributed by atoms with Gasteiger partial charge in [-0.05, 0) is 0 Å². The van der Waals surface area contributed by atoms with Crippen LogP contribution in [0.1, 0.15) is 12.8 Å². The van der Waals surface area contributed by atoms with Crippen molar-refractivity contribution in [1.82, 2.24) is 0 Å². The molecule has 0 heterocycles. The molecule has 0 aromatic rings. The summed E-state index contributed by atoms with van der Waals surface area (Å²) in [6, 6.07) is 0. The van der Waals surface area contributed by atoms with Gasteiger partial charge in [0.1, 0.15) is 0 Å². The Balaban J connectivity index is -0.0000000457. The van der Waals surface area contributed by atoms with Gasteiger partial charge in [-0.3, -0.25) is 0 Å². The van der Waals surface area contributed by atoms with E-state index in [1.54, 1.807) is 0 Å². The molecule has 6 heteroatoms. The Bertz CT molecular complexity index is 40.5. The third-order valence-electron chi connectivity index (χ3n) is 0.707. The van der Waals surface area contributed by atoms with Crippen LogP contribution in [0.2, 0.25) is 0 Å². The van der Waals surface area contributed by atoms with E-state index >= 15 is 0 Å². The van der Waals surface area contributed by atoms with Gasteiger partial charge in [-0.2, -0.15) is 26.2 Å². The Morgan fingerprint density at radius 1 is 0.583 bits per heavy atom. The Labute approximate surface area is 91.7 Å².